The molecule has 5 heteroatoms. The van der Waals surface area contributed by atoms with Gasteiger partial charge in [-0.25, -0.2) is 0 Å². The predicted molar refractivity (Wildman–Crippen MR) is 71.1 cm³/mol. The maximum Gasteiger partial charge on any atom is 0.310 e. The quantitative estimate of drug-likeness (QED) is 0.815. The van der Waals surface area contributed by atoms with Gasteiger partial charge in [0, 0.05) is 18.7 Å². The number of hydrogen-bond donors (Lipinski definition) is 2. The van der Waals surface area contributed by atoms with E-state index >= 15 is 0 Å². The maximum absolute atomic E-state index is 12.3. The van der Waals surface area contributed by atoms with Crippen LogP contribution in [0.5, 0.6) is 0 Å². The molecular weight excluding hydrogens is 244 g/mol. The molecular formula is C14H18N2O3. The minimum Gasteiger partial charge on any atom is -0.481 e. The Kier molecular flexibility index (Phi) is 4.16. The summed E-state index contributed by atoms with van der Waals surface area (Å²) in [5.74, 6) is -1.30. The monoisotopic (exact) mass is 262 g/mol. The standard InChI is InChI=1S/C14H18N2O3/c1-15-7-6-10-4-2-3-5-12(10)13(17)16-8-11(9-16)14(18)19/h2-5,11,15H,6-9H2,1H3,(H,18,19). The third kappa shape index (κ3) is 2.93. The van der Waals surface area contributed by atoms with Gasteiger partial charge in [-0.2, -0.15) is 0 Å². The normalized spacial score (nSPS) is 15.1. The molecule has 2 rings (SSSR count). The number of carbonyl (C=O) groups is 2. The lowest BCUT2D eigenvalue weighted by Gasteiger charge is -2.37. The average molecular weight is 262 g/mol. The van der Waals surface area contributed by atoms with Crippen LogP contribution in [0.1, 0.15) is 15.9 Å². The number of rotatable bonds is 5. The fourth-order valence-corrected chi connectivity index (χ4v) is 2.18. The van der Waals surface area contributed by atoms with Gasteiger partial charge in [-0.05, 0) is 31.6 Å². The summed E-state index contributed by atoms with van der Waals surface area (Å²) in [7, 11) is 1.87. The fraction of sp³-hybridized carbons (Fsp3) is 0.429. The van der Waals surface area contributed by atoms with Gasteiger partial charge in [0.25, 0.3) is 5.91 Å². The second kappa shape index (κ2) is 5.84. The Hall–Kier alpha value is -1.88. The number of nitrogens with zero attached hydrogens (tertiary/aromatic N) is 1. The summed E-state index contributed by atoms with van der Waals surface area (Å²) in [5, 5.41) is 11.9. The smallest absolute Gasteiger partial charge is 0.310 e. The van der Waals surface area contributed by atoms with Crippen LogP contribution in [-0.2, 0) is 11.2 Å². The highest BCUT2D eigenvalue weighted by Crippen LogP contribution is 2.20. The summed E-state index contributed by atoms with van der Waals surface area (Å²) < 4.78 is 0. The Morgan fingerprint density at radius 1 is 1.37 bits per heavy atom. The molecule has 5 nitrogen and oxygen atoms in total. The molecule has 0 spiro atoms. The highest BCUT2D eigenvalue weighted by molar-refractivity contribution is 5.97. The zero-order chi connectivity index (χ0) is 13.8. The highest BCUT2D eigenvalue weighted by Gasteiger charge is 2.36. The van der Waals surface area contributed by atoms with E-state index in [1.165, 1.54) is 0 Å². The van der Waals surface area contributed by atoms with Gasteiger partial charge < -0.3 is 15.3 Å². The first-order valence-corrected chi connectivity index (χ1v) is 6.38. The van der Waals surface area contributed by atoms with Crippen LogP contribution in [-0.4, -0.2) is 48.6 Å². The van der Waals surface area contributed by atoms with Gasteiger partial charge in [-0.1, -0.05) is 18.2 Å². The lowest BCUT2D eigenvalue weighted by Crippen LogP contribution is -2.53. The van der Waals surface area contributed by atoms with Gasteiger partial charge in [0.05, 0.1) is 5.92 Å². The van der Waals surface area contributed by atoms with Crippen molar-refractivity contribution < 1.29 is 14.7 Å². The van der Waals surface area contributed by atoms with Gasteiger partial charge in [0.1, 0.15) is 0 Å². The van der Waals surface area contributed by atoms with Crippen LogP contribution in [0.2, 0.25) is 0 Å². The van der Waals surface area contributed by atoms with Gasteiger partial charge in [-0.15, -0.1) is 0 Å². The van der Waals surface area contributed by atoms with Crippen LogP contribution in [0.15, 0.2) is 24.3 Å². The molecule has 1 aromatic rings. The van der Waals surface area contributed by atoms with Crippen LogP contribution in [0, 0.1) is 5.92 Å². The van der Waals surface area contributed by atoms with Gasteiger partial charge in [-0.3, -0.25) is 9.59 Å². The third-order valence-electron chi connectivity index (χ3n) is 3.41. The Bertz CT molecular complexity index is 481. The molecule has 2 N–H and O–H groups in total. The SMILES string of the molecule is CNCCc1ccccc1C(=O)N1CC(C(=O)O)C1. The first-order chi connectivity index (χ1) is 9.13. The van der Waals surface area contributed by atoms with Crippen molar-refractivity contribution in [3.8, 4) is 0 Å². The zero-order valence-corrected chi connectivity index (χ0v) is 10.9. The minimum atomic E-state index is -0.826. The van der Waals surface area contributed by atoms with E-state index in [1.54, 1.807) is 11.0 Å². The van der Waals surface area contributed by atoms with Crippen molar-refractivity contribution >= 4 is 11.9 Å². The van der Waals surface area contributed by atoms with Crippen LogP contribution in [0.3, 0.4) is 0 Å². The molecule has 0 saturated carbocycles. The molecule has 0 aromatic heterocycles. The summed E-state index contributed by atoms with van der Waals surface area (Å²) in [5.41, 5.74) is 1.68. The van der Waals surface area contributed by atoms with E-state index in [2.05, 4.69) is 5.32 Å². The summed E-state index contributed by atoms with van der Waals surface area (Å²) >= 11 is 0. The molecule has 0 bridgehead atoms. The number of benzene rings is 1. The van der Waals surface area contributed by atoms with Gasteiger partial charge >= 0.3 is 5.97 Å². The molecule has 0 unspecified atom stereocenters. The zero-order valence-electron chi connectivity index (χ0n) is 10.9. The van der Waals surface area contributed by atoms with Crippen molar-refractivity contribution in [3.63, 3.8) is 0 Å². The van der Waals surface area contributed by atoms with Crippen molar-refractivity contribution in [3.05, 3.63) is 35.4 Å². The number of carbonyl (C=O) groups excluding carboxylic acids is 1. The van der Waals surface area contributed by atoms with Crippen molar-refractivity contribution in [1.82, 2.24) is 10.2 Å². The maximum atomic E-state index is 12.3. The minimum absolute atomic E-state index is 0.0656. The summed E-state index contributed by atoms with van der Waals surface area (Å²) in [6.45, 7) is 1.44. The molecule has 1 amide bonds. The van der Waals surface area contributed by atoms with E-state index in [0.29, 0.717) is 18.7 Å². The molecule has 102 valence electrons. The summed E-state index contributed by atoms with van der Waals surface area (Å²) in [6.07, 6.45) is 0.786. The first kappa shape index (κ1) is 13.5. The molecule has 0 atom stereocenters. The Morgan fingerprint density at radius 3 is 2.68 bits per heavy atom. The van der Waals surface area contributed by atoms with Crippen molar-refractivity contribution in [2.24, 2.45) is 5.92 Å². The second-order valence-corrected chi connectivity index (χ2v) is 4.76. The highest BCUT2D eigenvalue weighted by atomic mass is 16.4. The number of hydrogen-bond acceptors (Lipinski definition) is 3. The lowest BCUT2D eigenvalue weighted by atomic mass is 9.97. The van der Waals surface area contributed by atoms with Crippen molar-refractivity contribution in [1.29, 1.82) is 0 Å². The molecule has 1 saturated heterocycles. The Labute approximate surface area is 112 Å². The lowest BCUT2D eigenvalue weighted by molar-refractivity contribution is -0.146. The Balaban J connectivity index is 2.05. The number of carboxylic acid groups (broad SMARTS) is 1. The van der Waals surface area contributed by atoms with E-state index in [0.717, 1.165) is 18.5 Å². The van der Waals surface area contributed by atoms with E-state index in [1.807, 2.05) is 25.2 Å². The van der Waals surface area contributed by atoms with Crippen LogP contribution in [0.4, 0.5) is 0 Å². The van der Waals surface area contributed by atoms with Gasteiger partial charge in [0.15, 0.2) is 0 Å². The molecule has 0 aliphatic carbocycles. The largest absolute Gasteiger partial charge is 0.481 e. The molecule has 1 fully saturated rings. The number of likely N-dealkylation sites (N-methyl/N-ethyl adjacent to an activating group) is 1. The van der Waals surface area contributed by atoms with E-state index < -0.39 is 11.9 Å². The number of aliphatic carboxylic acids is 1. The first-order valence-electron chi connectivity index (χ1n) is 6.38. The second-order valence-electron chi connectivity index (χ2n) is 4.76. The number of amides is 1. The Morgan fingerprint density at radius 2 is 2.05 bits per heavy atom. The van der Waals surface area contributed by atoms with E-state index in [4.69, 9.17) is 5.11 Å². The molecule has 19 heavy (non-hydrogen) atoms. The topological polar surface area (TPSA) is 69.6 Å². The number of nitrogens with one attached hydrogen (secondary N) is 1. The average Bonchev–Trinajstić information content (AvgIpc) is 2.34. The van der Waals surface area contributed by atoms with E-state index in [9.17, 15) is 9.59 Å². The molecule has 1 heterocycles. The predicted octanol–water partition coefficient (Wildman–Crippen LogP) is 0.605. The van der Waals surface area contributed by atoms with Gasteiger partial charge in [0.2, 0.25) is 0 Å². The van der Waals surface area contributed by atoms with Crippen molar-refractivity contribution in [2.45, 2.75) is 6.42 Å². The molecule has 1 aromatic carbocycles. The van der Waals surface area contributed by atoms with Crippen LogP contribution in [0.25, 0.3) is 0 Å². The molecule has 0 radical (unpaired) electrons. The third-order valence-corrected chi connectivity index (χ3v) is 3.41. The summed E-state index contributed by atoms with van der Waals surface area (Å²) in [6, 6.07) is 7.50. The van der Waals surface area contributed by atoms with Crippen molar-refractivity contribution in [2.75, 3.05) is 26.7 Å². The summed E-state index contributed by atoms with van der Waals surface area (Å²) in [4.78, 5) is 24.6. The van der Waals surface area contributed by atoms with E-state index in [-0.39, 0.29) is 5.91 Å². The molecule has 1 aliphatic rings. The number of carboxylic acids is 1. The fourth-order valence-electron chi connectivity index (χ4n) is 2.18. The number of likely N-dealkylation sites (tertiary alicyclic amines) is 1. The van der Waals surface area contributed by atoms with Crippen LogP contribution < -0.4 is 5.32 Å². The molecule has 1 aliphatic heterocycles. The van der Waals surface area contributed by atoms with Crippen LogP contribution >= 0.6 is 0 Å².